The number of thioether (sulfide) groups is 1. The summed E-state index contributed by atoms with van der Waals surface area (Å²) in [4.78, 5) is 30.3. The summed E-state index contributed by atoms with van der Waals surface area (Å²) in [5.41, 5.74) is 1.17. The van der Waals surface area contributed by atoms with Gasteiger partial charge in [0.05, 0.1) is 19.0 Å². The summed E-state index contributed by atoms with van der Waals surface area (Å²) in [5.74, 6) is 0.420. The molecule has 0 bridgehead atoms. The van der Waals surface area contributed by atoms with Crippen LogP contribution in [0.25, 0.3) is 0 Å². The molecule has 2 aliphatic rings. The number of amides is 2. The predicted octanol–water partition coefficient (Wildman–Crippen LogP) is 0.746. The fourth-order valence-corrected chi connectivity index (χ4v) is 4.07. The lowest BCUT2D eigenvalue weighted by Crippen LogP contribution is -2.61. The first-order chi connectivity index (χ1) is 12.2. The predicted molar refractivity (Wildman–Crippen MR) is 97.7 cm³/mol. The van der Waals surface area contributed by atoms with Gasteiger partial charge in [-0.2, -0.15) is 0 Å². The molecule has 2 amide bonds. The van der Waals surface area contributed by atoms with E-state index in [1.807, 2.05) is 36.1 Å². The van der Waals surface area contributed by atoms with Gasteiger partial charge in [0.25, 0.3) is 0 Å². The van der Waals surface area contributed by atoms with Crippen LogP contribution in [0.3, 0.4) is 0 Å². The Balaban J connectivity index is 1.62. The van der Waals surface area contributed by atoms with E-state index in [0.29, 0.717) is 45.1 Å². The number of carbonyl (C=O) groups is 2. The molecule has 1 N–H and O–H groups in total. The Hall–Kier alpha value is -1.57. The third-order valence-corrected chi connectivity index (χ3v) is 5.78. The number of rotatable bonds is 4. The molecule has 3 rings (SSSR count). The Morgan fingerprint density at radius 2 is 2.00 bits per heavy atom. The van der Waals surface area contributed by atoms with Crippen molar-refractivity contribution in [1.29, 1.82) is 0 Å². The number of hydrogen-bond acceptors (Lipinski definition) is 5. The van der Waals surface area contributed by atoms with Gasteiger partial charge in [-0.25, -0.2) is 0 Å². The standard InChI is InChI=1S/C18H25N3O3S/c1-14-4-2-3-5-16(14)25-13-17(22)21-7-6-19-12-15(21)18(23)20-8-10-24-11-9-20/h2-5,15,19H,6-13H2,1H3/t15-/m1/s1. The van der Waals surface area contributed by atoms with E-state index in [1.165, 1.54) is 5.56 Å². The van der Waals surface area contributed by atoms with Crippen molar-refractivity contribution in [2.45, 2.75) is 17.9 Å². The number of nitrogens with zero attached hydrogens (tertiary/aromatic N) is 2. The number of carbonyl (C=O) groups excluding carboxylic acids is 2. The molecule has 2 fully saturated rings. The number of piperazine rings is 1. The van der Waals surface area contributed by atoms with Crippen LogP contribution in [-0.2, 0) is 14.3 Å². The second-order valence-corrected chi connectivity index (χ2v) is 7.32. The Labute approximate surface area is 152 Å². The Bertz CT molecular complexity index is 619. The number of aryl methyl sites for hydroxylation is 1. The van der Waals surface area contributed by atoms with Gasteiger partial charge >= 0.3 is 0 Å². The van der Waals surface area contributed by atoms with Gasteiger partial charge in [-0.3, -0.25) is 9.59 Å². The maximum Gasteiger partial charge on any atom is 0.246 e. The van der Waals surface area contributed by atoms with Crippen LogP contribution in [0.1, 0.15) is 5.56 Å². The average Bonchev–Trinajstić information content (AvgIpc) is 2.67. The second kappa shape index (κ2) is 8.69. The molecular weight excluding hydrogens is 338 g/mol. The summed E-state index contributed by atoms with van der Waals surface area (Å²) in [6, 6.07) is 7.64. The Morgan fingerprint density at radius 3 is 2.76 bits per heavy atom. The van der Waals surface area contributed by atoms with Crippen molar-refractivity contribution in [3.05, 3.63) is 29.8 Å². The Kier molecular flexibility index (Phi) is 6.34. The summed E-state index contributed by atoms with van der Waals surface area (Å²) in [6.45, 7) is 6.23. The van der Waals surface area contributed by atoms with Crippen LogP contribution in [0, 0.1) is 6.92 Å². The highest BCUT2D eigenvalue weighted by atomic mass is 32.2. The molecule has 136 valence electrons. The average molecular weight is 363 g/mol. The molecule has 2 aliphatic heterocycles. The Morgan fingerprint density at radius 1 is 1.24 bits per heavy atom. The lowest BCUT2D eigenvalue weighted by Gasteiger charge is -2.39. The van der Waals surface area contributed by atoms with Gasteiger partial charge in [0.15, 0.2) is 0 Å². The highest BCUT2D eigenvalue weighted by Gasteiger charge is 2.35. The van der Waals surface area contributed by atoms with Gasteiger partial charge < -0.3 is 19.9 Å². The molecule has 2 heterocycles. The highest BCUT2D eigenvalue weighted by molar-refractivity contribution is 8.00. The van der Waals surface area contributed by atoms with Crippen molar-refractivity contribution in [1.82, 2.24) is 15.1 Å². The maximum atomic E-state index is 12.8. The van der Waals surface area contributed by atoms with Gasteiger partial charge in [-0.1, -0.05) is 18.2 Å². The highest BCUT2D eigenvalue weighted by Crippen LogP contribution is 2.23. The van der Waals surface area contributed by atoms with Gasteiger partial charge in [0.2, 0.25) is 11.8 Å². The maximum absolute atomic E-state index is 12.8. The zero-order valence-corrected chi connectivity index (χ0v) is 15.4. The first-order valence-electron chi connectivity index (χ1n) is 8.72. The zero-order chi connectivity index (χ0) is 17.6. The molecule has 1 aromatic carbocycles. The van der Waals surface area contributed by atoms with E-state index in [0.717, 1.165) is 11.4 Å². The lowest BCUT2D eigenvalue weighted by molar-refractivity contribution is -0.148. The molecular formula is C18H25N3O3S. The van der Waals surface area contributed by atoms with Crippen LogP contribution < -0.4 is 5.32 Å². The lowest BCUT2D eigenvalue weighted by atomic mass is 10.1. The van der Waals surface area contributed by atoms with Gasteiger partial charge in [0.1, 0.15) is 6.04 Å². The van der Waals surface area contributed by atoms with Gasteiger partial charge in [-0.15, -0.1) is 11.8 Å². The zero-order valence-electron chi connectivity index (χ0n) is 14.6. The number of morpholine rings is 1. The van der Waals surface area contributed by atoms with E-state index in [1.54, 1.807) is 16.7 Å². The van der Waals surface area contributed by atoms with Crippen molar-refractivity contribution in [3.8, 4) is 0 Å². The van der Waals surface area contributed by atoms with Crippen molar-refractivity contribution >= 4 is 23.6 Å². The SMILES string of the molecule is Cc1ccccc1SCC(=O)N1CCNC[C@@H]1C(=O)N1CCOCC1. The minimum absolute atomic E-state index is 0.0290. The fourth-order valence-electron chi connectivity index (χ4n) is 3.16. The van der Waals surface area contributed by atoms with E-state index < -0.39 is 6.04 Å². The normalized spacial score (nSPS) is 21.2. The van der Waals surface area contributed by atoms with E-state index in [9.17, 15) is 9.59 Å². The first kappa shape index (κ1) is 18.2. The monoisotopic (exact) mass is 363 g/mol. The summed E-state index contributed by atoms with van der Waals surface area (Å²) in [7, 11) is 0. The van der Waals surface area contributed by atoms with E-state index in [-0.39, 0.29) is 11.8 Å². The van der Waals surface area contributed by atoms with Gasteiger partial charge in [0, 0.05) is 37.6 Å². The summed E-state index contributed by atoms with van der Waals surface area (Å²) in [6.07, 6.45) is 0. The molecule has 0 saturated carbocycles. The number of benzene rings is 1. The van der Waals surface area contributed by atoms with Crippen LogP contribution >= 0.6 is 11.8 Å². The molecule has 0 spiro atoms. The van der Waals surface area contributed by atoms with Crippen molar-refractivity contribution in [3.63, 3.8) is 0 Å². The third-order valence-electron chi connectivity index (χ3n) is 4.62. The van der Waals surface area contributed by atoms with Gasteiger partial charge in [-0.05, 0) is 18.6 Å². The molecule has 1 aromatic rings. The molecule has 0 aliphatic carbocycles. The molecule has 6 nitrogen and oxygen atoms in total. The minimum atomic E-state index is -0.406. The number of ether oxygens (including phenoxy) is 1. The summed E-state index contributed by atoms with van der Waals surface area (Å²) < 4.78 is 5.32. The second-order valence-electron chi connectivity index (χ2n) is 6.30. The molecule has 7 heteroatoms. The van der Waals surface area contributed by atoms with Crippen molar-refractivity contribution in [2.75, 3.05) is 51.7 Å². The van der Waals surface area contributed by atoms with Crippen LogP contribution in [0.5, 0.6) is 0 Å². The molecule has 25 heavy (non-hydrogen) atoms. The molecule has 1 atom stereocenters. The minimum Gasteiger partial charge on any atom is -0.378 e. The van der Waals surface area contributed by atoms with Crippen LogP contribution in [0.4, 0.5) is 0 Å². The van der Waals surface area contributed by atoms with Crippen molar-refractivity contribution in [2.24, 2.45) is 0 Å². The van der Waals surface area contributed by atoms with E-state index in [4.69, 9.17) is 4.74 Å². The quantitative estimate of drug-likeness (QED) is 0.800. The largest absolute Gasteiger partial charge is 0.378 e. The molecule has 2 saturated heterocycles. The van der Waals surface area contributed by atoms with E-state index in [2.05, 4.69) is 5.32 Å². The van der Waals surface area contributed by atoms with Crippen LogP contribution in [0.15, 0.2) is 29.2 Å². The van der Waals surface area contributed by atoms with Crippen LogP contribution in [-0.4, -0.2) is 79.3 Å². The number of hydrogen-bond donors (Lipinski definition) is 1. The van der Waals surface area contributed by atoms with Crippen molar-refractivity contribution < 1.29 is 14.3 Å². The molecule has 0 aromatic heterocycles. The molecule has 0 unspecified atom stereocenters. The third kappa shape index (κ3) is 4.54. The van der Waals surface area contributed by atoms with Crippen LogP contribution in [0.2, 0.25) is 0 Å². The number of nitrogens with one attached hydrogen (secondary N) is 1. The molecule has 0 radical (unpaired) electrons. The first-order valence-corrected chi connectivity index (χ1v) is 9.70. The van der Waals surface area contributed by atoms with E-state index >= 15 is 0 Å². The summed E-state index contributed by atoms with van der Waals surface area (Å²) >= 11 is 1.54. The topological polar surface area (TPSA) is 61.9 Å². The smallest absolute Gasteiger partial charge is 0.246 e. The fraction of sp³-hybridized carbons (Fsp3) is 0.556. The summed E-state index contributed by atoms with van der Waals surface area (Å²) in [5, 5.41) is 3.24.